The number of benzene rings is 1. The second kappa shape index (κ2) is 8.61. The van der Waals surface area contributed by atoms with E-state index in [9.17, 15) is 9.59 Å². The number of ether oxygens (including phenoxy) is 3. The van der Waals surface area contributed by atoms with E-state index in [1.165, 1.54) is 20.5 Å². The van der Waals surface area contributed by atoms with Crippen LogP contribution in [0.4, 0.5) is 5.69 Å². The molecule has 1 heterocycles. The fourth-order valence-electron chi connectivity index (χ4n) is 1.99. The molecule has 7 heteroatoms. The number of amides is 1. The quantitative estimate of drug-likeness (QED) is 0.747. The molecule has 0 atom stereocenters. The van der Waals surface area contributed by atoms with Gasteiger partial charge in [0.05, 0.1) is 32.6 Å². The average molecular weight is 333 g/mol. The van der Waals surface area contributed by atoms with Crippen LogP contribution in [0.2, 0.25) is 0 Å². The molecule has 0 aliphatic rings. The number of carbonyl (C=O) groups excluding carboxylic acids is 2. The average Bonchev–Trinajstić information content (AvgIpc) is 3.12. The maximum atomic E-state index is 11.9. The van der Waals surface area contributed by atoms with Crippen LogP contribution in [0, 0.1) is 0 Å². The van der Waals surface area contributed by atoms with Gasteiger partial charge in [-0.05, 0) is 24.3 Å². The monoisotopic (exact) mass is 333 g/mol. The summed E-state index contributed by atoms with van der Waals surface area (Å²) in [5, 5.41) is 2.62. The number of furan rings is 1. The lowest BCUT2D eigenvalue weighted by atomic mass is 10.2. The third-order valence-corrected chi connectivity index (χ3v) is 3.20. The first-order chi connectivity index (χ1) is 11.6. The SMILES string of the molecule is COc1ccc(NC(=O)COC(=O)CCc2ccco2)c(OC)c1. The Morgan fingerprint density at radius 1 is 1.17 bits per heavy atom. The van der Waals surface area contributed by atoms with E-state index in [1.807, 2.05) is 0 Å². The van der Waals surface area contributed by atoms with Crippen LogP contribution in [0.3, 0.4) is 0 Å². The van der Waals surface area contributed by atoms with Crippen molar-refractivity contribution in [3.8, 4) is 11.5 Å². The van der Waals surface area contributed by atoms with Gasteiger partial charge in [0.25, 0.3) is 5.91 Å². The van der Waals surface area contributed by atoms with Crippen molar-refractivity contribution in [2.45, 2.75) is 12.8 Å². The minimum Gasteiger partial charge on any atom is -0.497 e. The Labute approximate surface area is 139 Å². The third kappa shape index (κ3) is 5.05. The molecule has 24 heavy (non-hydrogen) atoms. The lowest BCUT2D eigenvalue weighted by molar-refractivity contribution is -0.147. The number of hydrogen-bond acceptors (Lipinski definition) is 6. The van der Waals surface area contributed by atoms with E-state index in [0.29, 0.717) is 29.4 Å². The highest BCUT2D eigenvalue weighted by molar-refractivity contribution is 5.94. The molecule has 2 rings (SSSR count). The van der Waals surface area contributed by atoms with Crippen LogP contribution in [-0.4, -0.2) is 32.7 Å². The predicted molar refractivity (Wildman–Crippen MR) is 86.2 cm³/mol. The van der Waals surface area contributed by atoms with Gasteiger partial charge in [0.2, 0.25) is 0 Å². The standard InChI is InChI=1S/C17H19NO6/c1-21-13-5-7-14(15(10-13)22-2)18-16(19)11-24-17(20)8-6-12-4-3-9-23-12/h3-5,7,9-10H,6,8,11H2,1-2H3,(H,18,19). The summed E-state index contributed by atoms with van der Waals surface area (Å²) in [5.74, 6) is 0.827. The summed E-state index contributed by atoms with van der Waals surface area (Å²) >= 11 is 0. The van der Waals surface area contributed by atoms with E-state index >= 15 is 0 Å². The molecule has 0 spiro atoms. The maximum Gasteiger partial charge on any atom is 0.306 e. The van der Waals surface area contributed by atoms with E-state index in [0.717, 1.165) is 0 Å². The molecule has 0 saturated heterocycles. The molecule has 1 amide bonds. The zero-order valence-electron chi connectivity index (χ0n) is 13.5. The third-order valence-electron chi connectivity index (χ3n) is 3.20. The van der Waals surface area contributed by atoms with Gasteiger partial charge < -0.3 is 23.9 Å². The van der Waals surface area contributed by atoms with Crippen LogP contribution in [0.1, 0.15) is 12.2 Å². The Morgan fingerprint density at radius 3 is 2.67 bits per heavy atom. The van der Waals surface area contributed by atoms with Crippen molar-refractivity contribution in [1.29, 1.82) is 0 Å². The predicted octanol–water partition coefficient (Wildman–Crippen LogP) is 2.41. The molecular formula is C17H19NO6. The summed E-state index contributed by atoms with van der Waals surface area (Å²) in [6, 6.07) is 8.50. The molecule has 0 aliphatic carbocycles. The molecule has 1 aromatic heterocycles. The number of anilines is 1. The second-order valence-corrected chi connectivity index (χ2v) is 4.85. The van der Waals surface area contributed by atoms with Gasteiger partial charge in [-0.3, -0.25) is 9.59 Å². The molecule has 0 unspecified atom stereocenters. The molecule has 1 aromatic carbocycles. The van der Waals surface area contributed by atoms with E-state index in [2.05, 4.69) is 5.32 Å². The van der Waals surface area contributed by atoms with Crippen molar-refractivity contribution in [2.75, 3.05) is 26.1 Å². The molecular weight excluding hydrogens is 314 g/mol. The van der Waals surface area contributed by atoms with Crippen LogP contribution < -0.4 is 14.8 Å². The number of hydrogen-bond donors (Lipinski definition) is 1. The Morgan fingerprint density at radius 2 is 2.00 bits per heavy atom. The van der Waals surface area contributed by atoms with Crippen LogP contribution >= 0.6 is 0 Å². The first-order valence-electron chi connectivity index (χ1n) is 7.32. The molecule has 0 aliphatic heterocycles. The van der Waals surface area contributed by atoms with Gasteiger partial charge in [-0.2, -0.15) is 0 Å². The Hall–Kier alpha value is -2.96. The Balaban J connectivity index is 1.79. The van der Waals surface area contributed by atoms with Crippen LogP contribution in [0.15, 0.2) is 41.0 Å². The van der Waals surface area contributed by atoms with Crippen molar-refractivity contribution in [1.82, 2.24) is 0 Å². The number of methoxy groups -OCH3 is 2. The Bertz CT molecular complexity index is 680. The molecule has 0 radical (unpaired) electrons. The van der Waals surface area contributed by atoms with E-state index in [-0.39, 0.29) is 13.0 Å². The van der Waals surface area contributed by atoms with Gasteiger partial charge in [0.15, 0.2) is 6.61 Å². The van der Waals surface area contributed by atoms with Crippen molar-refractivity contribution in [3.05, 3.63) is 42.4 Å². The molecule has 0 fully saturated rings. The molecule has 7 nitrogen and oxygen atoms in total. The first-order valence-corrected chi connectivity index (χ1v) is 7.32. The summed E-state index contributed by atoms with van der Waals surface area (Å²) in [4.78, 5) is 23.5. The summed E-state index contributed by atoms with van der Waals surface area (Å²) in [5.41, 5.74) is 0.468. The largest absolute Gasteiger partial charge is 0.497 e. The van der Waals surface area contributed by atoms with Gasteiger partial charge in [-0.1, -0.05) is 0 Å². The molecule has 128 valence electrons. The fraction of sp³-hybridized carbons (Fsp3) is 0.294. The topological polar surface area (TPSA) is 87.0 Å². The van der Waals surface area contributed by atoms with Crippen LogP contribution in [0.25, 0.3) is 0 Å². The van der Waals surface area contributed by atoms with E-state index in [1.54, 1.807) is 30.3 Å². The lowest BCUT2D eigenvalue weighted by Crippen LogP contribution is -2.21. The van der Waals surface area contributed by atoms with Crippen molar-refractivity contribution >= 4 is 17.6 Å². The highest BCUT2D eigenvalue weighted by Crippen LogP contribution is 2.28. The van der Waals surface area contributed by atoms with Gasteiger partial charge in [-0.25, -0.2) is 0 Å². The minimum absolute atomic E-state index is 0.145. The van der Waals surface area contributed by atoms with E-state index < -0.39 is 11.9 Å². The minimum atomic E-state index is -0.469. The lowest BCUT2D eigenvalue weighted by Gasteiger charge is -2.11. The van der Waals surface area contributed by atoms with Crippen LogP contribution in [0.5, 0.6) is 11.5 Å². The smallest absolute Gasteiger partial charge is 0.306 e. The van der Waals surface area contributed by atoms with Crippen molar-refractivity contribution < 1.29 is 28.2 Å². The van der Waals surface area contributed by atoms with E-state index in [4.69, 9.17) is 18.6 Å². The van der Waals surface area contributed by atoms with Gasteiger partial charge in [-0.15, -0.1) is 0 Å². The van der Waals surface area contributed by atoms with Crippen LogP contribution in [-0.2, 0) is 20.7 Å². The molecule has 0 saturated carbocycles. The maximum absolute atomic E-state index is 11.9. The van der Waals surface area contributed by atoms with Crippen molar-refractivity contribution in [2.24, 2.45) is 0 Å². The number of nitrogens with one attached hydrogen (secondary N) is 1. The fourth-order valence-corrected chi connectivity index (χ4v) is 1.99. The summed E-state index contributed by atoms with van der Waals surface area (Å²) in [6.07, 6.45) is 2.11. The summed E-state index contributed by atoms with van der Waals surface area (Å²) in [6.45, 7) is -0.369. The number of rotatable bonds is 8. The molecule has 1 N–H and O–H groups in total. The number of carbonyl (C=O) groups is 2. The van der Waals surface area contributed by atoms with Gasteiger partial charge in [0, 0.05) is 12.5 Å². The molecule has 2 aromatic rings. The number of esters is 1. The Kier molecular flexibility index (Phi) is 6.24. The zero-order valence-corrected chi connectivity index (χ0v) is 13.5. The second-order valence-electron chi connectivity index (χ2n) is 4.85. The molecule has 0 bridgehead atoms. The van der Waals surface area contributed by atoms with Crippen molar-refractivity contribution in [3.63, 3.8) is 0 Å². The first kappa shape index (κ1) is 17.4. The highest BCUT2D eigenvalue weighted by atomic mass is 16.5. The highest BCUT2D eigenvalue weighted by Gasteiger charge is 2.12. The van der Waals surface area contributed by atoms with Gasteiger partial charge in [0.1, 0.15) is 17.3 Å². The van der Waals surface area contributed by atoms with Gasteiger partial charge >= 0.3 is 5.97 Å². The summed E-state index contributed by atoms with van der Waals surface area (Å²) in [7, 11) is 3.02. The summed E-state index contributed by atoms with van der Waals surface area (Å²) < 4.78 is 20.3. The normalized spacial score (nSPS) is 10.1. The number of aryl methyl sites for hydroxylation is 1. The zero-order chi connectivity index (χ0) is 17.4.